The zero-order chi connectivity index (χ0) is 9.42. The Morgan fingerprint density at radius 3 is 2.85 bits per heavy atom. The van der Waals surface area contributed by atoms with Crippen molar-refractivity contribution in [2.45, 2.75) is 13.0 Å². The van der Waals surface area contributed by atoms with E-state index in [0.29, 0.717) is 5.84 Å². The Hall–Kier alpha value is -0.680. The van der Waals surface area contributed by atoms with Crippen LogP contribution in [0.25, 0.3) is 0 Å². The van der Waals surface area contributed by atoms with E-state index in [4.69, 9.17) is 0 Å². The van der Waals surface area contributed by atoms with Crippen LogP contribution >= 0.6 is 27.3 Å². The van der Waals surface area contributed by atoms with Crippen molar-refractivity contribution in [1.82, 2.24) is 5.32 Å². The number of nitrogens with one attached hydrogen (secondary N) is 1. The fourth-order valence-corrected chi connectivity index (χ4v) is 2.41. The van der Waals surface area contributed by atoms with E-state index in [0.717, 1.165) is 8.66 Å². The quantitative estimate of drug-likeness (QED) is 0.820. The Balaban J connectivity index is 2.29. The van der Waals surface area contributed by atoms with Crippen LogP contribution in [0.5, 0.6) is 0 Å². The van der Waals surface area contributed by atoms with E-state index in [1.807, 2.05) is 12.1 Å². The van der Waals surface area contributed by atoms with Gasteiger partial charge in [0.2, 0.25) is 5.91 Å². The molecular formula is C8H7BrN2OS. The number of hydrogen-bond acceptors (Lipinski definition) is 3. The van der Waals surface area contributed by atoms with E-state index in [1.54, 1.807) is 18.3 Å². The number of aliphatic imine (C=N–C) groups is 1. The summed E-state index contributed by atoms with van der Waals surface area (Å²) in [7, 11) is 0. The Morgan fingerprint density at radius 2 is 2.38 bits per heavy atom. The van der Waals surface area contributed by atoms with Gasteiger partial charge >= 0.3 is 0 Å². The Labute approximate surface area is 88.0 Å². The van der Waals surface area contributed by atoms with E-state index < -0.39 is 0 Å². The summed E-state index contributed by atoms with van der Waals surface area (Å²) in [5.74, 6) is 0.660. The van der Waals surface area contributed by atoms with Gasteiger partial charge in [-0.25, -0.2) is 0 Å². The fraction of sp³-hybridized carbons (Fsp3) is 0.250. The minimum absolute atomic E-state index is 0.0282. The van der Waals surface area contributed by atoms with Crippen LogP contribution in [0.4, 0.5) is 0 Å². The van der Waals surface area contributed by atoms with Crippen molar-refractivity contribution in [2.75, 3.05) is 0 Å². The number of amides is 1. The van der Waals surface area contributed by atoms with Gasteiger partial charge in [0.05, 0.1) is 8.66 Å². The number of carbonyl (C=O) groups is 1. The van der Waals surface area contributed by atoms with Crippen molar-refractivity contribution < 1.29 is 4.79 Å². The normalized spacial score (nSPS) is 21.5. The van der Waals surface area contributed by atoms with Crippen molar-refractivity contribution in [3.05, 3.63) is 20.8 Å². The molecule has 1 atom stereocenters. The van der Waals surface area contributed by atoms with E-state index in [1.165, 1.54) is 0 Å². The summed E-state index contributed by atoms with van der Waals surface area (Å²) < 4.78 is 1.04. The molecule has 1 unspecified atom stereocenters. The Morgan fingerprint density at radius 1 is 1.62 bits per heavy atom. The van der Waals surface area contributed by atoms with Crippen LogP contribution in [-0.4, -0.2) is 17.8 Å². The molecule has 1 aromatic rings. The lowest BCUT2D eigenvalue weighted by atomic mass is 10.4. The second-order valence-electron chi connectivity index (χ2n) is 2.75. The lowest BCUT2D eigenvalue weighted by Gasteiger charge is -1.94. The third-order valence-corrected chi connectivity index (χ3v) is 3.38. The molecule has 3 nitrogen and oxygen atoms in total. The molecule has 0 bridgehead atoms. The molecule has 68 valence electrons. The SMILES string of the molecule is CC1N=C(c2ccc(Br)s2)NC1=O. The molecule has 0 fully saturated rings. The van der Waals surface area contributed by atoms with E-state index in [9.17, 15) is 4.79 Å². The minimum atomic E-state index is -0.254. The molecule has 1 N–H and O–H groups in total. The zero-order valence-electron chi connectivity index (χ0n) is 6.87. The molecule has 0 spiro atoms. The van der Waals surface area contributed by atoms with Gasteiger partial charge in [-0.2, -0.15) is 0 Å². The molecular weight excluding hydrogens is 252 g/mol. The highest BCUT2D eigenvalue weighted by atomic mass is 79.9. The molecule has 2 heterocycles. The van der Waals surface area contributed by atoms with Gasteiger partial charge in [-0.05, 0) is 35.0 Å². The van der Waals surface area contributed by atoms with Crippen LogP contribution in [0.2, 0.25) is 0 Å². The standard InChI is InChI=1S/C8H7BrN2OS/c1-4-8(12)11-7(10-4)5-2-3-6(9)13-5/h2-4H,1H3,(H,10,11,12). The van der Waals surface area contributed by atoms with Gasteiger partial charge in [0.15, 0.2) is 0 Å². The molecule has 1 amide bonds. The smallest absolute Gasteiger partial charge is 0.250 e. The first-order valence-corrected chi connectivity index (χ1v) is 5.42. The average Bonchev–Trinajstić information content (AvgIpc) is 2.61. The van der Waals surface area contributed by atoms with Gasteiger partial charge in [0.25, 0.3) is 0 Å². The van der Waals surface area contributed by atoms with Crippen molar-refractivity contribution in [3.8, 4) is 0 Å². The summed E-state index contributed by atoms with van der Waals surface area (Å²) in [6.45, 7) is 1.78. The van der Waals surface area contributed by atoms with Crippen LogP contribution in [0.3, 0.4) is 0 Å². The maximum Gasteiger partial charge on any atom is 0.250 e. The molecule has 1 aliphatic rings. The molecule has 0 saturated carbocycles. The monoisotopic (exact) mass is 258 g/mol. The van der Waals surface area contributed by atoms with Gasteiger partial charge in [-0.15, -0.1) is 11.3 Å². The number of nitrogens with zero attached hydrogens (tertiary/aromatic N) is 1. The van der Waals surface area contributed by atoms with Crippen LogP contribution in [0.1, 0.15) is 11.8 Å². The van der Waals surface area contributed by atoms with Crippen molar-refractivity contribution in [2.24, 2.45) is 4.99 Å². The molecule has 0 saturated heterocycles. The first-order valence-electron chi connectivity index (χ1n) is 3.81. The topological polar surface area (TPSA) is 41.5 Å². The number of carbonyl (C=O) groups excluding carboxylic acids is 1. The third-order valence-electron chi connectivity index (χ3n) is 1.75. The number of rotatable bonds is 1. The van der Waals surface area contributed by atoms with Gasteiger partial charge in [-0.1, -0.05) is 0 Å². The summed E-state index contributed by atoms with van der Waals surface area (Å²) in [4.78, 5) is 16.3. The van der Waals surface area contributed by atoms with Gasteiger partial charge in [-0.3, -0.25) is 9.79 Å². The lowest BCUT2D eigenvalue weighted by Crippen LogP contribution is -2.27. The van der Waals surface area contributed by atoms with Crippen LogP contribution in [-0.2, 0) is 4.79 Å². The summed E-state index contributed by atoms with van der Waals surface area (Å²) in [5.41, 5.74) is 0. The van der Waals surface area contributed by atoms with E-state index in [-0.39, 0.29) is 11.9 Å². The van der Waals surface area contributed by atoms with Crippen molar-refractivity contribution >= 4 is 39.0 Å². The average molecular weight is 259 g/mol. The highest BCUT2D eigenvalue weighted by Gasteiger charge is 2.23. The summed E-state index contributed by atoms with van der Waals surface area (Å²) in [6, 6.07) is 3.62. The second kappa shape index (κ2) is 3.23. The minimum Gasteiger partial charge on any atom is -0.308 e. The maximum atomic E-state index is 11.1. The Kier molecular flexibility index (Phi) is 2.21. The van der Waals surface area contributed by atoms with Crippen LogP contribution in [0.15, 0.2) is 20.9 Å². The van der Waals surface area contributed by atoms with Gasteiger partial charge in [0.1, 0.15) is 11.9 Å². The first-order chi connectivity index (χ1) is 6.16. The van der Waals surface area contributed by atoms with Gasteiger partial charge < -0.3 is 5.32 Å². The van der Waals surface area contributed by atoms with E-state index in [2.05, 4.69) is 26.2 Å². The zero-order valence-corrected chi connectivity index (χ0v) is 9.28. The molecule has 0 aromatic carbocycles. The predicted molar refractivity (Wildman–Crippen MR) is 56.2 cm³/mol. The molecule has 5 heteroatoms. The largest absolute Gasteiger partial charge is 0.308 e. The fourth-order valence-electron chi connectivity index (χ4n) is 1.07. The number of amidine groups is 1. The molecule has 0 radical (unpaired) electrons. The third kappa shape index (κ3) is 1.66. The van der Waals surface area contributed by atoms with Crippen LogP contribution in [0, 0.1) is 0 Å². The van der Waals surface area contributed by atoms with Crippen LogP contribution < -0.4 is 5.32 Å². The molecule has 0 aliphatic carbocycles. The summed E-state index contributed by atoms with van der Waals surface area (Å²) in [5, 5.41) is 2.73. The molecule has 1 aromatic heterocycles. The van der Waals surface area contributed by atoms with Crippen molar-refractivity contribution in [3.63, 3.8) is 0 Å². The molecule has 2 rings (SSSR count). The highest BCUT2D eigenvalue weighted by molar-refractivity contribution is 9.11. The number of hydrogen-bond donors (Lipinski definition) is 1. The van der Waals surface area contributed by atoms with Gasteiger partial charge in [0, 0.05) is 0 Å². The number of halogens is 1. The molecule has 13 heavy (non-hydrogen) atoms. The highest BCUT2D eigenvalue weighted by Crippen LogP contribution is 2.23. The first kappa shape index (κ1) is 8.90. The Bertz CT molecular complexity index is 385. The summed E-state index contributed by atoms with van der Waals surface area (Å²) >= 11 is 4.92. The summed E-state index contributed by atoms with van der Waals surface area (Å²) in [6.07, 6.45) is 0. The lowest BCUT2D eigenvalue weighted by molar-refractivity contribution is -0.119. The van der Waals surface area contributed by atoms with Crippen molar-refractivity contribution in [1.29, 1.82) is 0 Å². The maximum absolute atomic E-state index is 11.1. The predicted octanol–water partition coefficient (Wildman–Crippen LogP) is 1.78. The van der Waals surface area contributed by atoms with E-state index >= 15 is 0 Å². The number of thiophene rings is 1. The second-order valence-corrected chi connectivity index (χ2v) is 5.21. The molecule has 1 aliphatic heterocycles.